The number of para-hydroxylation sites is 1. The van der Waals surface area contributed by atoms with Crippen molar-refractivity contribution in [3.05, 3.63) is 80.8 Å². The second-order valence-corrected chi connectivity index (χ2v) is 8.26. The van der Waals surface area contributed by atoms with Crippen LogP contribution >= 0.6 is 11.3 Å². The van der Waals surface area contributed by atoms with Crippen molar-refractivity contribution in [1.29, 1.82) is 5.26 Å². The van der Waals surface area contributed by atoms with Gasteiger partial charge >= 0.3 is 5.97 Å². The number of nitro benzene ring substituents is 1. The summed E-state index contributed by atoms with van der Waals surface area (Å²) in [7, 11) is 0. The molecule has 0 aliphatic carbocycles. The number of allylic oxidation sites excluding steroid dienone is 1. The Hall–Kier alpha value is -4.03. The molecule has 0 fully saturated rings. The van der Waals surface area contributed by atoms with Crippen molar-refractivity contribution in [2.45, 2.75) is 32.6 Å². The van der Waals surface area contributed by atoms with E-state index in [9.17, 15) is 20.2 Å². The van der Waals surface area contributed by atoms with Gasteiger partial charge in [-0.15, -0.1) is 11.3 Å². The summed E-state index contributed by atoms with van der Waals surface area (Å²) in [6, 6.07) is 15.2. The van der Waals surface area contributed by atoms with Crippen LogP contribution < -0.4 is 5.32 Å². The lowest BCUT2D eigenvalue weighted by Crippen LogP contribution is -2.09. The standard InChI is InChI=1S/C25H24N4O4S/c1-2-3-4-7-13-33-25(30)21-11-5-6-12-22(21)27-16-19(15-26)24-28-23(17-34-24)18-9-8-10-20(14-18)29(31)32/h5-6,8-12,14,16-17,27H,2-4,7,13H2,1H3/b19-16+. The fourth-order valence-electron chi connectivity index (χ4n) is 3.16. The van der Waals surface area contributed by atoms with Gasteiger partial charge in [0.25, 0.3) is 5.69 Å². The minimum absolute atomic E-state index is 0.0291. The number of anilines is 1. The first kappa shape index (κ1) is 24.6. The molecular weight excluding hydrogens is 452 g/mol. The van der Waals surface area contributed by atoms with E-state index in [4.69, 9.17) is 4.74 Å². The topological polar surface area (TPSA) is 118 Å². The van der Waals surface area contributed by atoms with Gasteiger partial charge in [0.05, 0.1) is 28.5 Å². The Bertz CT molecular complexity index is 1230. The van der Waals surface area contributed by atoms with Crippen LogP contribution in [0.25, 0.3) is 16.8 Å². The third-order valence-electron chi connectivity index (χ3n) is 4.96. The minimum atomic E-state index is -0.463. The van der Waals surface area contributed by atoms with Gasteiger partial charge in [-0.25, -0.2) is 9.78 Å². The van der Waals surface area contributed by atoms with Crippen LogP contribution in [-0.4, -0.2) is 22.5 Å². The van der Waals surface area contributed by atoms with Crippen LogP contribution in [0.5, 0.6) is 0 Å². The molecule has 9 heteroatoms. The van der Waals surface area contributed by atoms with Crippen molar-refractivity contribution in [2.24, 2.45) is 0 Å². The number of thiazole rings is 1. The van der Waals surface area contributed by atoms with Crippen LogP contribution in [0.1, 0.15) is 48.0 Å². The number of nitro groups is 1. The summed E-state index contributed by atoms with van der Waals surface area (Å²) in [5.41, 5.74) is 2.26. The third kappa shape index (κ3) is 6.49. The number of hydrogen-bond donors (Lipinski definition) is 1. The van der Waals surface area contributed by atoms with E-state index in [0.717, 1.165) is 25.7 Å². The van der Waals surface area contributed by atoms with Gasteiger partial charge in [-0.1, -0.05) is 50.5 Å². The first-order valence-electron chi connectivity index (χ1n) is 10.9. The lowest BCUT2D eigenvalue weighted by Gasteiger charge is -2.09. The molecular formula is C25H24N4O4S. The number of nitrogens with zero attached hydrogens (tertiary/aromatic N) is 3. The zero-order chi connectivity index (χ0) is 24.3. The molecule has 3 aromatic rings. The van der Waals surface area contributed by atoms with Crippen LogP contribution in [0.2, 0.25) is 0 Å². The van der Waals surface area contributed by atoms with Crippen molar-refractivity contribution >= 4 is 34.3 Å². The third-order valence-corrected chi connectivity index (χ3v) is 5.83. The van der Waals surface area contributed by atoms with Crippen LogP contribution in [0.15, 0.2) is 60.1 Å². The largest absolute Gasteiger partial charge is 0.462 e. The Balaban J connectivity index is 1.73. The van der Waals surface area contributed by atoms with Gasteiger partial charge in [-0.2, -0.15) is 5.26 Å². The molecule has 0 saturated carbocycles. The summed E-state index contributed by atoms with van der Waals surface area (Å²) in [5, 5.41) is 25.9. The lowest BCUT2D eigenvalue weighted by atomic mass is 10.1. The number of carbonyl (C=O) groups excluding carboxylic acids is 1. The maximum absolute atomic E-state index is 12.5. The summed E-state index contributed by atoms with van der Waals surface area (Å²) < 4.78 is 5.39. The van der Waals surface area contributed by atoms with E-state index < -0.39 is 10.9 Å². The molecule has 0 aliphatic heterocycles. The molecule has 0 aliphatic rings. The van der Waals surface area contributed by atoms with E-state index in [1.165, 1.54) is 29.7 Å². The average molecular weight is 477 g/mol. The van der Waals surface area contributed by atoms with Gasteiger partial charge in [-0.05, 0) is 18.6 Å². The quantitative estimate of drug-likeness (QED) is 0.111. The Morgan fingerprint density at radius 2 is 2.06 bits per heavy atom. The van der Waals surface area contributed by atoms with E-state index in [1.807, 2.05) is 0 Å². The zero-order valence-corrected chi connectivity index (χ0v) is 19.5. The fraction of sp³-hybridized carbons (Fsp3) is 0.240. The van der Waals surface area contributed by atoms with Gasteiger partial charge in [0.15, 0.2) is 0 Å². The van der Waals surface area contributed by atoms with Crippen molar-refractivity contribution in [3.8, 4) is 17.3 Å². The number of nitriles is 1. The van der Waals surface area contributed by atoms with Gasteiger partial charge in [-0.3, -0.25) is 10.1 Å². The molecule has 3 rings (SSSR count). The normalized spacial score (nSPS) is 11.0. The molecule has 0 unspecified atom stereocenters. The summed E-state index contributed by atoms with van der Waals surface area (Å²) in [5.74, 6) is -0.422. The molecule has 0 amide bonds. The molecule has 1 N–H and O–H groups in total. The molecule has 0 atom stereocenters. The second kappa shape index (κ2) is 12.3. The van der Waals surface area contributed by atoms with Crippen molar-refractivity contribution in [1.82, 2.24) is 4.98 Å². The monoisotopic (exact) mass is 476 g/mol. The predicted molar refractivity (Wildman–Crippen MR) is 132 cm³/mol. The smallest absolute Gasteiger partial charge is 0.340 e. The fourth-order valence-corrected chi connectivity index (χ4v) is 3.95. The lowest BCUT2D eigenvalue weighted by molar-refractivity contribution is -0.384. The van der Waals surface area contributed by atoms with E-state index >= 15 is 0 Å². The summed E-state index contributed by atoms with van der Waals surface area (Å²) in [6.07, 6.45) is 5.55. The van der Waals surface area contributed by atoms with E-state index in [2.05, 4.69) is 23.3 Å². The molecule has 34 heavy (non-hydrogen) atoms. The number of hydrogen-bond acceptors (Lipinski definition) is 8. The molecule has 1 heterocycles. The number of esters is 1. The zero-order valence-electron chi connectivity index (χ0n) is 18.7. The molecule has 8 nitrogen and oxygen atoms in total. The minimum Gasteiger partial charge on any atom is -0.462 e. The Morgan fingerprint density at radius 3 is 2.82 bits per heavy atom. The van der Waals surface area contributed by atoms with E-state index in [0.29, 0.717) is 34.1 Å². The highest BCUT2D eigenvalue weighted by Gasteiger charge is 2.14. The Morgan fingerprint density at radius 1 is 1.24 bits per heavy atom. The SMILES string of the molecule is CCCCCCOC(=O)c1ccccc1N/C=C(\C#N)c1nc(-c2cccc([N+](=O)[O-])c2)cs1. The van der Waals surface area contributed by atoms with Crippen LogP contribution in [0, 0.1) is 21.4 Å². The first-order chi connectivity index (χ1) is 16.5. The summed E-state index contributed by atoms with van der Waals surface area (Å²) in [6.45, 7) is 2.49. The number of carbonyl (C=O) groups is 1. The van der Waals surface area contributed by atoms with Gasteiger partial charge in [0, 0.05) is 29.3 Å². The molecule has 0 spiro atoms. The highest BCUT2D eigenvalue weighted by Crippen LogP contribution is 2.28. The number of aromatic nitrogens is 1. The highest BCUT2D eigenvalue weighted by molar-refractivity contribution is 7.11. The van der Waals surface area contributed by atoms with Crippen LogP contribution in [0.3, 0.4) is 0 Å². The number of ether oxygens (including phenoxy) is 1. The first-order valence-corrected chi connectivity index (χ1v) is 11.7. The highest BCUT2D eigenvalue weighted by atomic mass is 32.1. The number of nitrogens with one attached hydrogen (secondary N) is 1. The molecule has 2 aromatic carbocycles. The summed E-state index contributed by atoms with van der Waals surface area (Å²) >= 11 is 1.25. The number of benzene rings is 2. The molecule has 174 valence electrons. The van der Waals surface area contributed by atoms with E-state index in [-0.39, 0.29) is 11.3 Å². The molecule has 0 radical (unpaired) electrons. The predicted octanol–water partition coefficient (Wildman–Crippen LogP) is 6.43. The number of non-ortho nitro benzene ring substituents is 1. The molecule has 0 bridgehead atoms. The molecule has 0 saturated heterocycles. The molecule has 1 aromatic heterocycles. The Labute approximate surface area is 201 Å². The van der Waals surface area contributed by atoms with Gasteiger partial charge < -0.3 is 10.1 Å². The van der Waals surface area contributed by atoms with Crippen LogP contribution in [0.4, 0.5) is 11.4 Å². The van der Waals surface area contributed by atoms with Crippen LogP contribution in [-0.2, 0) is 4.74 Å². The van der Waals surface area contributed by atoms with Gasteiger partial charge in [0.2, 0.25) is 0 Å². The van der Waals surface area contributed by atoms with E-state index in [1.54, 1.807) is 41.8 Å². The maximum atomic E-state index is 12.5. The van der Waals surface area contributed by atoms with Crippen molar-refractivity contribution in [3.63, 3.8) is 0 Å². The second-order valence-electron chi connectivity index (χ2n) is 7.40. The Kier molecular flexibility index (Phi) is 8.88. The van der Waals surface area contributed by atoms with Crippen molar-refractivity contribution < 1.29 is 14.5 Å². The number of rotatable bonds is 11. The van der Waals surface area contributed by atoms with Crippen molar-refractivity contribution in [2.75, 3.05) is 11.9 Å². The summed E-state index contributed by atoms with van der Waals surface area (Å²) in [4.78, 5) is 27.5. The average Bonchev–Trinajstić information content (AvgIpc) is 3.34. The number of unbranched alkanes of at least 4 members (excludes halogenated alkanes) is 3. The van der Waals surface area contributed by atoms with Gasteiger partial charge in [0.1, 0.15) is 16.6 Å². The maximum Gasteiger partial charge on any atom is 0.340 e.